The second-order valence-corrected chi connectivity index (χ2v) is 8.02. The van der Waals surface area contributed by atoms with Gasteiger partial charge in [-0.25, -0.2) is 4.99 Å². The van der Waals surface area contributed by atoms with Crippen LogP contribution in [0.15, 0.2) is 126 Å². The van der Waals surface area contributed by atoms with Crippen LogP contribution < -0.4 is 10.1 Å². The Balaban J connectivity index is 1.80. The number of benzene rings is 4. The van der Waals surface area contributed by atoms with Gasteiger partial charge in [0.15, 0.2) is 4.80 Å². The van der Waals surface area contributed by atoms with Crippen LogP contribution in [0.5, 0.6) is 0 Å². The Kier molecular flexibility index (Phi) is 5.46. The van der Waals surface area contributed by atoms with E-state index in [0.717, 1.165) is 38.1 Å². The smallest absolute Gasteiger partial charge is 0.196 e. The van der Waals surface area contributed by atoms with Crippen molar-refractivity contribution in [3.63, 3.8) is 0 Å². The molecule has 1 heterocycles. The molecule has 150 valence electrons. The molecule has 0 spiro atoms. The van der Waals surface area contributed by atoms with E-state index in [-0.39, 0.29) is 0 Å². The highest BCUT2D eigenvalue weighted by Gasteiger charge is 2.17. The topological polar surface area (TPSA) is 29.3 Å². The summed E-state index contributed by atoms with van der Waals surface area (Å²) in [5.41, 5.74) is 4.19. The van der Waals surface area contributed by atoms with Gasteiger partial charge in [0, 0.05) is 11.4 Å². The number of hydrogen-bond donors (Lipinski definition) is 1. The van der Waals surface area contributed by atoms with E-state index in [1.165, 1.54) is 0 Å². The van der Waals surface area contributed by atoms with E-state index in [9.17, 15) is 0 Å². The largest absolute Gasteiger partial charge is 0.340 e. The zero-order valence-electron chi connectivity index (χ0n) is 16.8. The van der Waals surface area contributed by atoms with Crippen molar-refractivity contribution < 1.29 is 0 Å². The van der Waals surface area contributed by atoms with E-state index in [0.29, 0.717) is 0 Å². The zero-order chi connectivity index (χ0) is 20.9. The number of aromatic nitrogens is 1. The Hall–Kier alpha value is -3.89. The molecule has 5 rings (SSSR count). The summed E-state index contributed by atoms with van der Waals surface area (Å²) < 4.78 is 2.20. The Morgan fingerprint density at radius 1 is 0.613 bits per heavy atom. The molecule has 0 aliphatic heterocycles. The van der Waals surface area contributed by atoms with E-state index >= 15 is 0 Å². The number of para-hydroxylation sites is 3. The molecule has 1 N–H and O–H groups in total. The number of nitrogens with zero attached hydrogens (tertiary/aromatic N) is 2. The molecule has 0 unspecified atom stereocenters. The summed E-state index contributed by atoms with van der Waals surface area (Å²) in [5, 5.41) is 3.66. The molecule has 0 bridgehead atoms. The lowest BCUT2D eigenvalue weighted by molar-refractivity contribution is 1.01. The van der Waals surface area contributed by atoms with Crippen LogP contribution in [0, 0.1) is 0 Å². The molecule has 0 aliphatic carbocycles. The van der Waals surface area contributed by atoms with Gasteiger partial charge in [0.1, 0.15) is 5.82 Å². The van der Waals surface area contributed by atoms with Gasteiger partial charge in [-0.1, -0.05) is 96.3 Å². The molecule has 0 aliphatic rings. The fraction of sp³-hybridized carbons (Fsp3) is 0. The lowest BCUT2D eigenvalue weighted by Gasteiger charge is -2.13. The summed E-state index contributed by atoms with van der Waals surface area (Å²) in [6.45, 7) is 0. The monoisotopic (exact) mass is 419 g/mol. The second kappa shape index (κ2) is 8.86. The SMILES string of the molecule is c1ccc(N=c2sc(-c3ccccc3)c(Nc3ccccc3)n2-c2ccccc2)cc1. The molecular weight excluding hydrogens is 398 g/mol. The normalized spacial score (nSPS) is 11.4. The lowest BCUT2D eigenvalue weighted by atomic mass is 10.2. The Labute approximate surface area is 185 Å². The van der Waals surface area contributed by atoms with Crippen LogP contribution in [0.2, 0.25) is 0 Å². The quantitative estimate of drug-likeness (QED) is 0.321. The summed E-state index contributed by atoms with van der Waals surface area (Å²) >= 11 is 1.68. The highest BCUT2D eigenvalue weighted by atomic mass is 32.1. The van der Waals surface area contributed by atoms with Crippen molar-refractivity contribution in [2.45, 2.75) is 0 Å². The molecule has 3 nitrogen and oxygen atoms in total. The number of thiazole rings is 1. The van der Waals surface area contributed by atoms with Crippen molar-refractivity contribution in [3.05, 3.63) is 126 Å². The minimum absolute atomic E-state index is 0.912. The fourth-order valence-electron chi connectivity index (χ4n) is 3.44. The first-order valence-corrected chi connectivity index (χ1v) is 11.0. The predicted octanol–water partition coefficient (Wildman–Crippen LogP) is 7.18. The van der Waals surface area contributed by atoms with Crippen molar-refractivity contribution in [3.8, 4) is 16.1 Å². The highest BCUT2D eigenvalue weighted by molar-refractivity contribution is 7.13. The minimum Gasteiger partial charge on any atom is -0.340 e. The molecule has 31 heavy (non-hydrogen) atoms. The van der Waals surface area contributed by atoms with Gasteiger partial charge in [-0.2, -0.15) is 0 Å². The third-order valence-corrected chi connectivity index (χ3v) is 5.98. The maximum Gasteiger partial charge on any atom is 0.196 e. The van der Waals surface area contributed by atoms with Gasteiger partial charge in [0.25, 0.3) is 0 Å². The highest BCUT2D eigenvalue weighted by Crippen LogP contribution is 2.35. The van der Waals surface area contributed by atoms with Gasteiger partial charge < -0.3 is 5.32 Å². The summed E-state index contributed by atoms with van der Waals surface area (Å²) in [6, 6.07) is 41.2. The van der Waals surface area contributed by atoms with Crippen molar-refractivity contribution in [2.75, 3.05) is 5.32 Å². The summed E-state index contributed by atoms with van der Waals surface area (Å²) in [7, 11) is 0. The van der Waals surface area contributed by atoms with Crippen molar-refractivity contribution in [2.24, 2.45) is 4.99 Å². The maximum absolute atomic E-state index is 5.01. The average molecular weight is 420 g/mol. The van der Waals surface area contributed by atoms with Gasteiger partial charge in [-0.15, -0.1) is 0 Å². The fourth-order valence-corrected chi connectivity index (χ4v) is 4.56. The number of anilines is 2. The summed E-state index contributed by atoms with van der Waals surface area (Å²) in [5.74, 6) is 1.00. The standard InChI is InChI=1S/C27H21N3S/c1-5-13-21(14-6-1)25-26(28-22-15-7-2-8-16-22)30(24-19-11-4-12-20-24)27(31-25)29-23-17-9-3-10-18-23/h1-20,28H. The van der Waals surface area contributed by atoms with E-state index in [4.69, 9.17) is 4.99 Å². The minimum atomic E-state index is 0.912. The molecule has 0 saturated carbocycles. The van der Waals surface area contributed by atoms with Gasteiger partial charge in [-0.3, -0.25) is 4.57 Å². The van der Waals surface area contributed by atoms with E-state index in [2.05, 4.69) is 70.5 Å². The van der Waals surface area contributed by atoms with Crippen LogP contribution >= 0.6 is 11.3 Å². The molecule has 4 aromatic carbocycles. The number of rotatable bonds is 5. The van der Waals surface area contributed by atoms with Crippen LogP contribution in [0.4, 0.5) is 17.2 Å². The zero-order valence-corrected chi connectivity index (χ0v) is 17.7. The first-order valence-electron chi connectivity index (χ1n) is 10.2. The molecule has 0 amide bonds. The summed E-state index contributed by atoms with van der Waals surface area (Å²) in [6.07, 6.45) is 0. The molecule has 1 aromatic heterocycles. The van der Waals surface area contributed by atoms with E-state index in [1.807, 2.05) is 60.7 Å². The second-order valence-electron chi connectivity index (χ2n) is 7.04. The van der Waals surface area contributed by atoms with E-state index in [1.54, 1.807) is 11.3 Å². The molecule has 0 fully saturated rings. The third-order valence-electron chi connectivity index (χ3n) is 4.89. The van der Waals surface area contributed by atoms with Crippen molar-refractivity contribution >= 4 is 28.5 Å². The maximum atomic E-state index is 5.01. The van der Waals surface area contributed by atoms with Gasteiger partial charge in [0.2, 0.25) is 0 Å². The number of hydrogen-bond acceptors (Lipinski definition) is 3. The lowest BCUT2D eigenvalue weighted by Crippen LogP contribution is -2.14. The van der Waals surface area contributed by atoms with Crippen LogP contribution in [0.3, 0.4) is 0 Å². The van der Waals surface area contributed by atoms with Crippen molar-refractivity contribution in [1.29, 1.82) is 0 Å². The summed E-state index contributed by atoms with van der Waals surface area (Å²) in [4.78, 5) is 7.06. The van der Waals surface area contributed by atoms with Crippen LogP contribution in [0.1, 0.15) is 0 Å². The van der Waals surface area contributed by atoms with Gasteiger partial charge in [0.05, 0.1) is 10.6 Å². The van der Waals surface area contributed by atoms with Crippen molar-refractivity contribution in [1.82, 2.24) is 4.57 Å². The molecule has 5 aromatic rings. The first kappa shape index (κ1) is 19.1. The molecule has 0 atom stereocenters. The Morgan fingerprint density at radius 2 is 1.16 bits per heavy atom. The van der Waals surface area contributed by atoms with Crippen LogP contribution in [-0.2, 0) is 0 Å². The molecule has 0 radical (unpaired) electrons. The van der Waals surface area contributed by atoms with Gasteiger partial charge >= 0.3 is 0 Å². The van der Waals surface area contributed by atoms with Gasteiger partial charge in [-0.05, 0) is 42.0 Å². The Bertz CT molecular complexity index is 1320. The van der Waals surface area contributed by atoms with Crippen LogP contribution in [-0.4, -0.2) is 4.57 Å². The third kappa shape index (κ3) is 4.20. The molecule has 4 heteroatoms. The molecule has 0 saturated heterocycles. The first-order chi connectivity index (χ1) is 15.4. The average Bonchev–Trinajstić information content (AvgIpc) is 3.19. The Morgan fingerprint density at radius 3 is 1.81 bits per heavy atom. The molecular formula is C27H21N3S. The van der Waals surface area contributed by atoms with E-state index < -0.39 is 0 Å². The van der Waals surface area contributed by atoms with Crippen LogP contribution in [0.25, 0.3) is 16.1 Å². The predicted molar refractivity (Wildman–Crippen MR) is 130 cm³/mol. The number of nitrogens with one attached hydrogen (secondary N) is 1.